The molecule has 0 radical (unpaired) electrons. The van der Waals surface area contributed by atoms with E-state index >= 15 is 0 Å². The third kappa shape index (κ3) is 7.05. The van der Waals surface area contributed by atoms with Crippen LogP contribution >= 0.6 is 46.4 Å². The summed E-state index contributed by atoms with van der Waals surface area (Å²) < 4.78 is 0. The summed E-state index contributed by atoms with van der Waals surface area (Å²) in [7, 11) is 0. The van der Waals surface area contributed by atoms with Gasteiger partial charge < -0.3 is 10.6 Å². The summed E-state index contributed by atoms with van der Waals surface area (Å²) in [5.41, 5.74) is 0.578. The van der Waals surface area contributed by atoms with Gasteiger partial charge in [-0.1, -0.05) is 46.4 Å². The lowest BCUT2D eigenvalue weighted by atomic mass is 10.3. The second-order valence-electron chi connectivity index (χ2n) is 5.12. The van der Waals surface area contributed by atoms with E-state index in [1.807, 2.05) is 0 Å². The Morgan fingerprint density at radius 2 is 1.18 bits per heavy atom. The highest BCUT2D eigenvalue weighted by molar-refractivity contribution is 6.37. The summed E-state index contributed by atoms with van der Waals surface area (Å²) in [6.07, 6.45) is 0. The van der Waals surface area contributed by atoms with Crippen LogP contribution in [0.4, 0.5) is 11.4 Å². The SMILES string of the molecule is O=C(CO[N+](=O)OCC(=O)Nc1ccc(Cl)cc1Cl)Nc1ccc(Cl)cc1Cl. The fourth-order valence-corrected chi connectivity index (χ4v) is 2.73. The minimum absolute atomic E-state index is 0.216. The van der Waals surface area contributed by atoms with Crippen LogP contribution in [0.15, 0.2) is 36.4 Å². The van der Waals surface area contributed by atoms with Crippen LogP contribution in [0.2, 0.25) is 20.1 Å². The average molecular weight is 468 g/mol. The van der Waals surface area contributed by atoms with E-state index in [0.29, 0.717) is 10.0 Å². The Balaban J connectivity index is 1.73. The van der Waals surface area contributed by atoms with Gasteiger partial charge in [0.05, 0.1) is 21.4 Å². The summed E-state index contributed by atoms with van der Waals surface area (Å²) >= 11 is 23.3. The maximum atomic E-state index is 11.7. The maximum absolute atomic E-state index is 11.7. The second-order valence-corrected chi connectivity index (χ2v) is 6.80. The Kier molecular flexibility index (Phi) is 8.13. The third-order valence-electron chi connectivity index (χ3n) is 3.01. The topological polar surface area (TPSA) is 96.7 Å². The Labute approximate surface area is 179 Å². The molecule has 0 fully saturated rings. The number of nitrogens with one attached hydrogen (secondary N) is 2. The number of nitrogens with zero attached hydrogens (tertiary/aromatic N) is 1. The van der Waals surface area contributed by atoms with Crippen LogP contribution in [0.5, 0.6) is 0 Å². The third-order valence-corrected chi connectivity index (χ3v) is 4.11. The van der Waals surface area contributed by atoms with Crippen LogP contribution < -0.4 is 10.6 Å². The zero-order chi connectivity index (χ0) is 20.7. The summed E-state index contributed by atoms with van der Waals surface area (Å²) in [6.45, 7) is -1.35. The normalized spacial score (nSPS) is 10.1. The fourth-order valence-electron chi connectivity index (χ4n) is 1.81. The van der Waals surface area contributed by atoms with Crippen molar-refractivity contribution in [3.05, 3.63) is 61.4 Å². The molecular formula is C16H12Cl4N3O5+. The first-order valence-electron chi connectivity index (χ1n) is 7.47. The maximum Gasteiger partial charge on any atom is 0.478 e. The molecule has 12 heteroatoms. The number of amides is 2. The molecule has 28 heavy (non-hydrogen) atoms. The van der Waals surface area contributed by atoms with Crippen molar-refractivity contribution in [1.29, 1.82) is 0 Å². The van der Waals surface area contributed by atoms with E-state index in [1.165, 1.54) is 36.4 Å². The van der Waals surface area contributed by atoms with Gasteiger partial charge in [-0.15, -0.1) is 0 Å². The van der Waals surface area contributed by atoms with Gasteiger partial charge in [0.2, 0.25) is 13.2 Å². The molecule has 0 aromatic heterocycles. The zero-order valence-electron chi connectivity index (χ0n) is 13.9. The van der Waals surface area contributed by atoms with Gasteiger partial charge in [0.15, 0.2) is 0 Å². The molecule has 8 nitrogen and oxygen atoms in total. The molecule has 0 aliphatic heterocycles. The van der Waals surface area contributed by atoms with Gasteiger partial charge in [0, 0.05) is 10.0 Å². The number of carbonyl (C=O) groups is 2. The van der Waals surface area contributed by atoms with E-state index in [-0.39, 0.29) is 26.5 Å². The van der Waals surface area contributed by atoms with Crippen LogP contribution in [0.1, 0.15) is 0 Å². The molecule has 0 unspecified atom stereocenters. The lowest BCUT2D eigenvalue weighted by molar-refractivity contribution is -0.977. The van der Waals surface area contributed by atoms with Crippen LogP contribution in [-0.2, 0) is 19.3 Å². The van der Waals surface area contributed by atoms with Crippen molar-refractivity contribution in [2.24, 2.45) is 0 Å². The molecular weight excluding hydrogens is 456 g/mol. The van der Waals surface area contributed by atoms with E-state index in [0.717, 1.165) is 0 Å². The number of carbonyl (C=O) groups excluding carboxylic acids is 2. The molecule has 2 N–H and O–H groups in total. The van der Waals surface area contributed by atoms with Gasteiger partial charge in [-0.3, -0.25) is 9.59 Å². The molecule has 2 amide bonds. The van der Waals surface area contributed by atoms with Crippen LogP contribution in [-0.4, -0.2) is 30.1 Å². The number of benzene rings is 2. The highest BCUT2D eigenvalue weighted by atomic mass is 35.5. The lowest BCUT2D eigenvalue weighted by Gasteiger charge is -2.06. The molecule has 0 saturated carbocycles. The van der Waals surface area contributed by atoms with Crippen molar-refractivity contribution in [2.75, 3.05) is 23.8 Å². The number of rotatable bonds is 8. The Hall–Kier alpha value is -2.26. The van der Waals surface area contributed by atoms with Crippen molar-refractivity contribution >= 4 is 69.6 Å². The van der Waals surface area contributed by atoms with Gasteiger partial charge in [-0.05, 0) is 36.4 Å². The standard InChI is InChI=1S/C16H11Cl4N3O5/c17-9-1-3-13(11(19)5-9)21-15(24)7-27-23(26)28-8-16(25)22-14-4-2-10(18)6-12(14)20/h1-6H,7-8H2,(H-,21,22,24,25)/p+1. The molecule has 0 bridgehead atoms. The first-order chi connectivity index (χ1) is 13.2. The van der Waals surface area contributed by atoms with Gasteiger partial charge in [-0.2, -0.15) is 9.68 Å². The van der Waals surface area contributed by atoms with Gasteiger partial charge >= 0.3 is 5.09 Å². The van der Waals surface area contributed by atoms with Crippen molar-refractivity contribution in [3.63, 3.8) is 0 Å². The molecule has 0 aliphatic rings. The predicted molar refractivity (Wildman–Crippen MR) is 106 cm³/mol. The van der Waals surface area contributed by atoms with E-state index in [4.69, 9.17) is 46.4 Å². The Morgan fingerprint density at radius 3 is 1.54 bits per heavy atom. The smallest absolute Gasteiger partial charge is 0.322 e. The van der Waals surface area contributed by atoms with Crippen molar-refractivity contribution < 1.29 is 24.4 Å². The van der Waals surface area contributed by atoms with Crippen LogP contribution in [0.3, 0.4) is 0 Å². The zero-order valence-corrected chi connectivity index (χ0v) is 16.9. The number of halogens is 4. The average Bonchev–Trinajstić information content (AvgIpc) is 2.63. The van der Waals surface area contributed by atoms with E-state index in [9.17, 15) is 14.5 Å². The summed E-state index contributed by atoms with van der Waals surface area (Å²) in [5, 5.41) is 5.72. The highest BCUT2D eigenvalue weighted by Gasteiger charge is 2.19. The van der Waals surface area contributed by atoms with Crippen LogP contribution in [0, 0.1) is 4.91 Å². The molecule has 0 spiro atoms. The first kappa shape index (κ1) is 22.0. The highest BCUT2D eigenvalue weighted by Crippen LogP contribution is 2.26. The van der Waals surface area contributed by atoms with E-state index in [2.05, 4.69) is 20.3 Å². The Bertz CT molecular complexity index is 838. The molecule has 0 aliphatic carbocycles. The van der Waals surface area contributed by atoms with Gasteiger partial charge in [0.1, 0.15) is 4.91 Å². The van der Waals surface area contributed by atoms with Gasteiger partial charge in [-0.25, -0.2) is 0 Å². The molecule has 2 rings (SSSR count). The lowest BCUT2D eigenvalue weighted by Crippen LogP contribution is -2.26. The number of hydrogen-bond acceptors (Lipinski definition) is 5. The van der Waals surface area contributed by atoms with Crippen molar-refractivity contribution in [1.82, 2.24) is 0 Å². The minimum Gasteiger partial charge on any atom is -0.322 e. The monoisotopic (exact) mass is 466 g/mol. The summed E-state index contributed by atoms with van der Waals surface area (Å²) in [6, 6.07) is 8.90. The minimum atomic E-state index is -0.675. The first-order valence-corrected chi connectivity index (χ1v) is 8.98. The molecule has 148 valence electrons. The molecule has 0 heterocycles. The molecule has 2 aromatic rings. The molecule has 2 aromatic carbocycles. The van der Waals surface area contributed by atoms with E-state index in [1.54, 1.807) is 0 Å². The van der Waals surface area contributed by atoms with Crippen molar-refractivity contribution in [2.45, 2.75) is 0 Å². The second kappa shape index (κ2) is 10.3. The summed E-state index contributed by atoms with van der Waals surface area (Å²) in [5.74, 6) is -1.35. The van der Waals surface area contributed by atoms with E-state index < -0.39 is 25.0 Å². The van der Waals surface area contributed by atoms with Crippen LogP contribution in [0.25, 0.3) is 0 Å². The van der Waals surface area contributed by atoms with Gasteiger partial charge in [0.25, 0.3) is 11.8 Å². The molecule has 0 atom stereocenters. The fraction of sp³-hybridized carbons (Fsp3) is 0.125. The predicted octanol–water partition coefficient (Wildman–Crippen LogP) is 4.52. The quantitative estimate of drug-likeness (QED) is 0.556. The number of anilines is 2. The Morgan fingerprint density at radius 1 is 0.786 bits per heavy atom. The van der Waals surface area contributed by atoms with Crippen molar-refractivity contribution in [3.8, 4) is 0 Å². The largest absolute Gasteiger partial charge is 0.478 e. The molecule has 0 saturated heterocycles. The summed E-state index contributed by atoms with van der Waals surface area (Å²) in [4.78, 5) is 44.0. The number of hydrogen-bond donors (Lipinski definition) is 2.